The third-order valence-corrected chi connectivity index (χ3v) is 8.10. The quantitative estimate of drug-likeness (QED) is 0.130. The highest BCUT2D eigenvalue weighted by atomic mass is 16.3. The van der Waals surface area contributed by atoms with Crippen LogP contribution in [0.1, 0.15) is 42.6 Å². The second-order valence-corrected chi connectivity index (χ2v) is 11.0. The highest BCUT2D eigenvalue weighted by Crippen LogP contribution is 2.34. The Labute approximate surface area is 259 Å². The van der Waals surface area contributed by atoms with Gasteiger partial charge in [0.15, 0.2) is 17.0 Å². The van der Waals surface area contributed by atoms with Crippen LogP contribution in [0.15, 0.2) is 67.4 Å². The van der Waals surface area contributed by atoms with E-state index in [4.69, 9.17) is 9.97 Å². The van der Waals surface area contributed by atoms with Crippen LogP contribution in [0.25, 0.3) is 22.3 Å². The minimum atomic E-state index is -1.13. The zero-order valence-electron chi connectivity index (χ0n) is 24.7. The van der Waals surface area contributed by atoms with Gasteiger partial charge in [0.1, 0.15) is 12.2 Å². The van der Waals surface area contributed by atoms with Gasteiger partial charge in [0.2, 0.25) is 11.9 Å². The predicted octanol–water partition coefficient (Wildman–Crippen LogP) is 2.92. The number of aromatic amines is 1. The van der Waals surface area contributed by atoms with Crippen molar-refractivity contribution >= 4 is 28.8 Å². The molecule has 1 aliphatic rings. The van der Waals surface area contributed by atoms with Crippen molar-refractivity contribution in [3.63, 3.8) is 0 Å². The zero-order chi connectivity index (χ0) is 31.3. The SMILES string of the molecule is CCC(=O)N[C@H]1C[C@@H](n2cnc3c(NCc4ccc(-c5ccccc5C#N)cc4)nc(NCCc4cnc[nH]4)nc32)[C@H](O)[C@@H]1O. The van der Waals surface area contributed by atoms with E-state index in [1.807, 2.05) is 42.5 Å². The number of H-pyrrole nitrogens is 1. The van der Waals surface area contributed by atoms with Crippen LogP contribution in [0.4, 0.5) is 11.8 Å². The third-order valence-electron chi connectivity index (χ3n) is 8.10. The third kappa shape index (κ3) is 6.33. The average molecular weight is 607 g/mol. The van der Waals surface area contributed by atoms with Gasteiger partial charge in [-0.3, -0.25) is 4.79 Å². The Kier molecular flexibility index (Phi) is 8.68. The molecule has 230 valence electrons. The zero-order valence-corrected chi connectivity index (χ0v) is 24.7. The van der Waals surface area contributed by atoms with Gasteiger partial charge >= 0.3 is 0 Å². The van der Waals surface area contributed by atoms with Gasteiger partial charge in [-0.1, -0.05) is 49.4 Å². The standard InChI is InChI=1S/C32H34N10O3/c1-2-26(43)39-24-13-25(29(45)28(24)44)42-18-38-27-30(40-32(41-31(27)42)35-12-11-22-16-34-17-37-22)36-15-19-7-9-20(10-8-19)23-6-4-3-5-21(23)14-33/h3-10,16-18,24-25,28-29,44-45H,2,11-13,15H2,1H3,(H,34,37)(H,39,43)(H2,35,36,40,41)/t24-,25+,28+,29-/m0/s1. The highest BCUT2D eigenvalue weighted by Gasteiger charge is 2.43. The molecule has 0 aliphatic heterocycles. The number of benzene rings is 2. The van der Waals surface area contributed by atoms with Gasteiger partial charge in [0.25, 0.3) is 0 Å². The molecule has 1 amide bonds. The van der Waals surface area contributed by atoms with Crippen LogP contribution in [0.5, 0.6) is 0 Å². The van der Waals surface area contributed by atoms with Gasteiger partial charge in [-0.2, -0.15) is 15.2 Å². The number of aliphatic hydroxyl groups excluding tert-OH is 2. The van der Waals surface area contributed by atoms with Crippen LogP contribution in [-0.2, 0) is 17.8 Å². The lowest BCUT2D eigenvalue weighted by atomic mass is 9.99. The summed E-state index contributed by atoms with van der Waals surface area (Å²) in [5.74, 6) is 0.686. The Bertz CT molecular complexity index is 1810. The number of nitrogens with zero attached hydrogens (tertiary/aromatic N) is 6. The maximum Gasteiger partial charge on any atom is 0.226 e. The van der Waals surface area contributed by atoms with Gasteiger partial charge in [-0.25, -0.2) is 9.97 Å². The fourth-order valence-electron chi connectivity index (χ4n) is 5.65. The molecule has 13 heteroatoms. The molecule has 0 radical (unpaired) electrons. The van der Waals surface area contributed by atoms with Gasteiger partial charge in [0, 0.05) is 37.8 Å². The summed E-state index contributed by atoms with van der Waals surface area (Å²) in [7, 11) is 0. The Morgan fingerprint density at radius 2 is 1.93 bits per heavy atom. The molecule has 45 heavy (non-hydrogen) atoms. The summed E-state index contributed by atoms with van der Waals surface area (Å²) in [5, 5.41) is 40.6. The smallest absolute Gasteiger partial charge is 0.226 e. The van der Waals surface area contributed by atoms with Crippen LogP contribution < -0.4 is 16.0 Å². The van der Waals surface area contributed by atoms with Crippen molar-refractivity contribution in [2.45, 2.75) is 57.0 Å². The van der Waals surface area contributed by atoms with Crippen LogP contribution in [0.2, 0.25) is 0 Å². The van der Waals surface area contributed by atoms with Crippen molar-refractivity contribution in [1.82, 2.24) is 34.8 Å². The number of nitrogens with one attached hydrogen (secondary N) is 4. The highest BCUT2D eigenvalue weighted by molar-refractivity contribution is 5.84. The molecule has 0 unspecified atom stereocenters. The van der Waals surface area contributed by atoms with E-state index in [9.17, 15) is 20.3 Å². The van der Waals surface area contributed by atoms with Gasteiger partial charge in [0.05, 0.1) is 36.4 Å². The number of carbonyl (C=O) groups is 1. The first-order valence-electron chi connectivity index (χ1n) is 14.9. The van der Waals surface area contributed by atoms with E-state index in [0.717, 1.165) is 22.4 Å². The molecule has 0 spiro atoms. The molecule has 0 bridgehead atoms. The van der Waals surface area contributed by atoms with E-state index < -0.39 is 24.3 Å². The molecule has 5 aromatic rings. The minimum absolute atomic E-state index is 0.192. The largest absolute Gasteiger partial charge is 0.388 e. The van der Waals surface area contributed by atoms with E-state index in [1.54, 1.807) is 36.4 Å². The molecule has 13 nitrogen and oxygen atoms in total. The second kappa shape index (κ2) is 13.1. The van der Waals surface area contributed by atoms with Crippen molar-refractivity contribution in [2.24, 2.45) is 0 Å². The first-order chi connectivity index (χ1) is 21.9. The van der Waals surface area contributed by atoms with Crippen molar-refractivity contribution < 1.29 is 15.0 Å². The number of imidazole rings is 2. The molecule has 3 heterocycles. The number of hydrogen-bond donors (Lipinski definition) is 6. The number of rotatable bonds is 11. The summed E-state index contributed by atoms with van der Waals surface area (Å²) >= 11 is 0. The van der Waals surface area contributed by atoms with Crippen molar-refractivity contribution in [3.05, 3.63) is 84.2 Å². The molecule has 0 saturated heterocycles. The van der Waals surface area contributed by atoms with Crippen LogP contribution in [0, 0.1) is 11.3 Å². The molecule has 1 aliphatic carbocycles. The minimum Gasteiger partial charge on any atom is -0.388 e. The average Bonchev–Trinajstić information content (AvgIpc) is 3.81. The summed E-state index contributed by atoms with van der Waals surface area (Å²) in [6.07, 6.45) is 4.00. The maximum atomic E-state index is 12.0. The number of hydrogen-bond acceptors (Lipinski definition) is 10. The monoisotopic (exact) mass is 606 g/mol. The number of fused-ring (bicyclic) bond motifs is 1. The molecular formula is C32H34N10O3. The van der Waals surface area contributed by atoms with Crippen molar-refractivity contribution in [3.8, 4) is 17.2 Å². The molecule has 6 rings (SSSR count). The number of aliphatic hydroxyl groups is 2. The molecule has 1 fully saturated rings. The maximum absolute atomic E-state index is 12.0. The van der Waals surface area contributed by atoms with Crippen LogP contribution in [0.3, 0.4) is 0 Å². The number of amides is 1. The van der Waals surface area contributed by atoms with Gasteiger partial charge in [-0.05, 0) is 29.2 Å². The first-order valence-corrected chi connectivity index (χ1v) is 14.9. The lowest BCUT2D eigenvalue weighted by Crippen LogP contribution is -2.42. The Balaban J connectivity index is 1.26. The Hall–Kier alpha value is -5.32. The fourth-order valence-corrected chi connectivity index (χ4v) is 5.65. The summed E-state index contributed by atoms with van der Waals surface area (Å²) in [5.41, 5.74) is 5.41. The van der Waals surface area contributed by atoms with E-state index in [0.29, 0.717) is 54.4 Å². The Morgan fingerprint density at radius 1 is 1.11 bits per heavy atom. The molecule has 4 atom stereocenters. The van der Waals surface area contributed by atoms with Gasteiger partial charge in [-0.15, -0.1) is 0 Å². The molecule has 3 aromatic heterocycles. The van der Waals surface area contributed by atoms with E-state index in [2.05, 4.69) is 37.0 Å². The molecule has 2 aromatic carbocycles. The van der Waals surface area contributed by atoms with E-state index >= 15 is 0 Å². The predicted molar refractivity (Wildman–Crippen MR) is 168 cm³/mol. The number of carbonyl (C=O) groups excluding carboxylic acids is 1. The van der Waals surface area contributed by atoms with Gasteiger partial charge < -0.3 is 35.7 Å². The normalized spacial score (nSPS) is 19.3. The van der Waals surface area contributed by atoms with E-state index in [1.165, 1.54) is 0 Å². The summed E-state index contributed by atoms with van der Waals surface area (Å²) in [6, 6.07) is 16.6. The summed E-state index contributed by atoms with van der Waals surface area (Å²) < 4.78 is 1.75. The van der Waals surface area contributed by atoms with Crippen LogP contribution >= 0.6 is 0 Å². The molecule has 1 saturated carbocycles. The summed E-state index contributed by atoms with van der Waals surface area (Å²) in [4.78, 5) is 33.2. The number of anilines is 2. The number of aromatic nitrogens is 6. The topological polar surface area (TPSA) is 190 Å². The lowest BCUT2D eigenvalue weighted by molar-refractivity contribution is -0.122. The van der Waals surface area contributed by atoms with Crippen molar-refractivity contribution in [1.29, 1.82) is 5.26 Å². The molecule has 6 N–H and O–H groups in total. The first kappa shape index (κ1) is 29.7. The van der Waals surface area contributed by atoms with Crippen LogP contribution in [-0.4, -0.2) is 70.4 Å². The Morgan fingerprint density at radius 3 is 2.69 bits per heavy atom. The lowest BCUT2D eigenvalue weighted by Gasteiger charge is -2.18. The van der Waals surface area contributed by atoms with Crippen molar-refractivity contribution in [2.75, 3.05) is 17.2 Å². The second-order valence-electron chi connectivity index (χ2n) is 11.0. The fraction of sp³-hybridized carbons (Fsp3) is 0.312. The number of nitriles is 1. The summed E-state index contributed by atoms with van der Waals surface area (Å²) in [6.45, 7) is 2.73. The van der Waals surface area contributed by atoms with E-state index in [-0.39, 0.29) is 12.3 Å². The molecular weight excluding hydrogens is 572 g/mol.